The van der Waals surface area contributed by atoms with Gasteiger partial charge in [0.2, 0.25) is 5.91 Å². The third-order valence-corrected chi connectivity index (χ3v) is 19.9. The van der Waals surface area contributed by atoms with E-state index in [0.29, 0.717) is 65.1 Å². The lowest BCUT2D eigenvalue weighted by molar-refractivity contribution is -0.143. The van der Waals surface area contributed by atoms with E-state index in [1.165, 1.54) is 80.0 Å². The van der Waals surface area contributed by atoms with E-state index in [9.17, 15) is 87.1 Å². The average molecular weight is 1810 g/mol. The normalized spacial score (nSPS) is 11.1. The summed E-state index contributed by atoms with van der Waals surface area (Å²) in [6, 6.07) is 17.6. The van der Waals surface area contributed by atoms with Crippen molar-refractivity contribution in [1.29, 1.82) is 0 Å². The molecule has 0 saturated carbocycles. The number of hydrogen-bond donors (Lipinski definition) is 4. The quantitative estimate of drug-likeness (QED) is 0.0770. The molecule has 14 aromatic rings. The summed E-state index contributed by atoms with van der Waals surface area (Å²) in [7, 11) is 8.80. The van der Waals surface area contributed by atoms with E-state index < -0.39 is 97.8 Å². The number of fused-ring (bicyclic) bond motifs is 5. The van der Waals surface area contributed by atoms with E-state index in [2.05, 4.69) is 78.2 Å². The van der Waals surface area contributed by atoms with Gasteiger partial charge in [-0.05, 0) is 81.4 Å². The number of carboxylic acids is 1. The largest absolute Gasteiger partial charge is 0.481 e. The van der Waals surface area contributed by atoms with Gasteiger partial charge in [-0.15, -0.1) is 61.8 Å². The molecule has 0 aliphatic heterocycles. The van der Waals surface area contributed by atoms with Crippen LogP contribution in [0, 0.1) is 23.3 Å². The maximum Gasteiger partial charge on any atom is 0.422 e. The molecule has 0 radical (unpaired) electrons. The number of carbonyl (C=O) groups is 3. The average Bonchev–Trinajstić information content (AvgIpc) is 1.71. The highest BCUT2D eigenvalue weighted by molar-refractivity contribution is 15.0. The summed E-state index contributed by atoms with van der Waals surface area (Å²) in [6.45, 7) is 0. The number of amides is 1. The number of nitrogens with one attached hydrogen (secondary N) is 2. The molecule has 0 fully saturated rings. The SMILES string of the molecule is C.C.Cn1c(=O)c2c(CC(=O)Nc3nc(-c4ccc(F)c(C(F)(F)F)c4F)cs3)csc2n(C)c1=O.Cn1c(=O)c2c(CC(=O)O)csc2n(C)c1=O.Cn1c(=O)c2c(CC(=O)n3nnc4ccccc43)csc2n(C)c1=O.II.Nc1nc(-c2ccc(F)c(C(F)(F)F)c2F)cs1.c1ccc2n[nH]nc2c1. The minimum Gasteiger partial charge on any atom is -0.481 e. The van der Waals surface area contributed by atoms with Gasteiger partial charge in [0.05, 0.1) is 52.3 Å². The number of thiazole rings is 2. The Morgan fingerprint density at radius 2 is 0.916 bits per heavy atom. The molecule has 5 N–H and O–H groups in total. The Morgan fingerprint density at radius 1 is 0.523 bits per heavy atom. The second kappa shape index (κ2) is 34.7. The van der Waals surface area contributed by atoms with Crippen molar-refractivity contribution in [1.82, 2.24) is 67.8 Å². The Bertz CT molecular complexity index is 6050. The molecule has 4 aromatic carbocycles. The number of carbonyl (C=O) groups excluding carboxylic acids is 2. The lowest BCUT2D eigenvalue weighted by atomic mass is 10.1. The number of nitrogens with zero attached hydrogens (tertiary/aromatic N) is 13. The highest BCUT2D eigenvalue weighted by atomic mass is 128. The zero-order chi connectivity index (χ0) is 77.0. The second-order valence-electron chi connectivity index (χ2n) is 21.8. The fourth-order valence-electron chi connectivity index (χ4n) is 10.1. The molecule has 14 rings (SSSR count). The third kappa shape index (κ3) is 17.9. The van der Waals surface area contributed by atoms with Gasteiger partial charge in [-0.25, -0.2) is 41.9 Å². The molecule has 564 valence electrons. The number of hydrogen-bond acceptors (Lipinski definition) is 21. The zero-order valence-electron chi connectivity index (χ0n) is 54.0. The standard InChI is InChI=1S/C20H13F5N4O3S2.C16H13N5O3S.C10H5F5N2S.C10H10N2O4S.C6H5N3.2CH4.I2/c1-28-16(31)13-8(6-33-17(13)29(2)19(28)32)5-12(30)27-18-26-11(7-34-18)9-3-4-10(21)14(15(9)22)20(23,24)25;1-19-14(23)13-9(8-25-15(13)20(2)16(19)24)7-12(22)21-11-6-4-3-5-10(11)17-18-21;11-5-2-1-4(6-3-18-9(16)17-6)8(12)7(5)10(13,14)15;1-11-8(15)7-5(3-6(13)14)4-17-9(7)12(2)10(11)16;1-2-4-6-5(3-1)7-9-8-6;;;1-2/h3-4,6-7H,5H2,1-2H3,(H,26,27,30);3-6,8H,7H2,1-2H3;1-3H,(H2,16,17);4H,3H2,1-2H3,(H,13,14);1-4H,(H,7,8,9);2*1H4;. The molecule has 0 atom stereocenters. The highest BCUT2D eigenvalue weighted by Gasteiger charge is 2.40. The minimum atomic E-state index is -5.24. The molecule has 0 saturated heterocycles. The number of aliphatic carboxylic acids is 1. The number of thiophene rings is 3. The Hall–Kier alpha value is -9.97. The van der Waals surface area contributed by atoms with Crippen LogP contribution in [0.4, 0.5) is 54.2 Å². The molecule has 0 aliphatic carbocycles. The van der Waals surface area contributed by atoms with E-state index in [1.54, 1.807) is 48.4 Å². The number of nitrogen functional groups attached to an aromatic ring is 1. The monoisotopic (exact) mass is 1810 g/mol. The Balaban J connectivity index is 0.000000194. The van der Waals surface area contributed by atoms with Crippen molar-refractivity contribution in [2.24, 2.45) is 42.3 Å². The van der Waals surface area contributed by atoms with Crippen LogP contribution in [0.15, 0.2) is 128 Å². The summed E-state index contributed by atoms with van der Waals surface area (Å²) in [5.74, 6) is -8.78. The van der Waals surface area contributed by atoms with Crippen LogP contribution >= 0.6 is 93.9 Å². The molecule has 10 aromatic heterocycles. The molecule has 0 aliphatic rings. The van der Waals surface area contributed by atoms with Crippen LogP contribution in [0.25, 0.3) is 75.2 Å². The summed E-state index contributed by atoms with van der Waals surface area (Å²) in [4.78, 5) is 118. The number of aromatic nitrogens is 14. The number of para-hydroxylation sites is 3. The first-order valence-corrected chi connectivity index (χ1v) is 39.8. The lowest BCUT2D eigenvalue weighted by Gasteiger charge is -2.11. The molecule has 0 spiro atoms. The fraction of sp³-hybridized carbons (Fsp3) is 0.203. The van der Waals surface area contributed by atoms with E-state index in [0.717, 1.165) is 70.9 Å². The maximum atomic E-state index is 14.4. The van der Waals surface area contributed by atoms with Gasteiger partial charge in [0.1, 0.15) is 65.4 Å². The summed E-state index contributed by atoms with van der Waals surface area (Å²) >= 11 is 9.63. The Morgan fingerprint density at radius 3 is 1.33 bits per heavy atom. The molecule has 43 heteroatoms. The number of halogens is 12. The van der Waals surface area contributed by atoms with E-state index >= 15 is 0 Å². The Labute approximate surface area is 636 Å². The van der Waals surface area contributed by atoms with Gasteiger partial charge in [-0.2, -0.15) is 46.4 Å². The summed E-state index contributed by atoms with van der Waals surface area (Å²) in [5.41, 5.74) is 1.88. The van der Waals surface area contributed by atoms with Crippen molar-refractivity contribution in [3.8, 4) is 22.5 Å². The number of benzene rings is 4. The van der Waals surface area contributed by atoms with Crippen molar-refractivity contribution >= 4 is 175 Å². The van der Waals surface area contributed by atoms with Crippen LogP contribution in [0.3, 0.4) is 0 Å². The van der Waals surface area contributed by atoms with Crippen molar-refractivity contribution in [3.05, 3.63) is 213 Å². The summed E-state index contributed by atoms with van der Waals surface area (Å²) in [5, 5.41) is 37.8. The van der Waals surface area contributed by atoms with Gasteiger partial charge in [-0.1, -0.05) is 44.3 Å². The van der Waals surface area contributed by atoms with Crippen LogP contribution in [0.1, 0.15) is 47.5 Å². The minimum absolute atomic E-state index is 0. The molecule has 107 heavy (non-hydrogen) atoms. The summed E-state index contributed by atoms with van der Waals surface area (Å²) in [6.07, 6.45) is -10.8. The molecule has 10 heterocycles. The third-order valence-electron chi connectivity index (χ3n) is 15.2. The number of alkyl halides is 6. The number of rotatable bonds is 9. The Kier molecular flexibility index (Phi) is 27.4. The molecule has 1 amide bonds. The van der Waals surface area contributed by atoms with Gasteiger partial charge in [0, 0.05) is 101 Å². The smallest absolute Gasteiger partial charge is 0.422 e. The van der Waals surface area contributed by atoms with Crippen molar-refractivity contribution < 1.29 is 63.4 Å². The van der Waals surface area contributed by atoms with Gasteiger partial charge in [0.15, 0.2) is 10.3 Å². The first-order valence-electron chi connectivity index (χ1n) is 29.1. The predicted molar refractivity (Wildman–Crippen MR) is 407 cm³/mol. The molecular formula is C64H54F10I2N16O10S5. The molecule has 0 bridgehead atoms. The van der Waals surface area contributed by atoms with Crippen LogP contribution < -0.4 is 44.8 Å². The van der Waals surface area contributed by atoms with Gasteiger partial charge in [-0.3, -0.25) is 56.2 Å². The van der Waals surface area contributed by atoms with Gasteiger partial charge in [0.25, 0.3) is 22.6 Å². The number of aromatic amines is 1. The fourth-order valence-corrected chi connectivity index (χ4v) is 14.5. The van der Waals surface area contributed by atoms with Crippen molar-refractivity contribution in [2.75, 3.05) is 11.1 Å². The number of nitrogens with two attached hydrogens (primary N) is 1. The first kappa shape index (κ1) is 84.3. The van der Waals surface area contributed by atoms with Crippen LogP contribution in [0.5, 0.6) is 0 Å². The van der Waals surface area contributed by atoms with E-state index in [-0.39, 0.29) is 72.7 Å². The predicted octanol–water partition coefficient (Wildman–Crippen LogP) is 12.4. The van der Waals surface area contributed by atoms with Crippen LogP contribution in [-0.4, -0.2) is 90.7 Å². The van der Waals surface area contributed by atoms with Crippen molar-refractivity contribution in [2.45, 2.75) is 46.5 Å². The first-order chi connectivity index (χ1) is 49.6. The number of anilines is 2. The topological polar surface area (TPSA) is 340 Å². The van der Waals surface area contributed by atoms with E-state index in [4.69, 9.17) is 10.8 Å². The molecule has 26 nitrogen and oxygen atoms in total. The molecule has 0 unspecified atom stereocenters. The second-order valence-corrected chi connectivity index (χ2v) is 26.1. The molecular weight excluding hydrogens is 1760 g/mol. The lowest BCUT2D eigenvalue weighted by Crippen LogP contribution is -2.36. The van der Waals surface area contributed by atoms with Gasteiger partial charge < -0.3 is 16.2 Å². The van der Waals surface area contributed by atoms with Crippen molar-refractivity contribution in [3.63, 3.8) is 0 Å². The van der Waals surface area contributed by atoms with Crippen LogP contribution in [0.2, 0.25) is 0 Å². The van der Waals surface area contributed by atoms with Gasteiger partial charge >= 0.3 is 35.4 Å². The number of H-pyrrole nitrogens is 1. The summed E-state index contributed by atoms with van der Waals surface area (Å²) < 4.78 is 139. The van der Waals surface area contributed by atoms with Crippen LogP contribution in [-0.2, 0) is 83.5 Å². The maximum absolute atomic E-state index is 14.4. The number of carboxylic acid groups (broad SMARTS) is 1. The number of aryl methyl sites for hydroxylation is 3. The zero-order valence-corrected chi connectivity index (χ0v) is 62.4. The van der Waals surface area contributed by atoms with E-state index in [1.807, 2.05) is 30.3 Å². The highest BCUT2D eigenvalue weighted by Crippen LogP contribution is 2.40.